The molecule has 0 spiro atoms. The molecule has 0 aromatic carbocycles. The van der Waals surface area contributed by atoms with Gasteiger partial charge in [-0.3, -0.25) is 0 Å². The molecule has 0 heterocycles. The van der Waals surface area contributed by atoms with Crippen LogP contribution in [0, 0.1) is 0 Å². The lowest BCUT2D eigenvalue weighted by atomic mass is 10.8. The predicted molar refractivity (Wildman–Crippen MR) is 32.7 cm³/mol. The first kappa shape index (κ1) is 5.57. The van der Waals surface area contributed by atoms with E-state index in [0.29, 0.717) is 10.9 Å². The molecule has 1 aliphatic carbocycles. The second kappa shape index (κ2) is 2.14. The zero-order valence-electron chi connectivity index (χ0n) is 4.36. The molecule has 0 radical (unpaired) electrons. The summed E-state index contributed by atoms with van der Waals surface area (Å²) in [7, 11) is 0. The average molecular weight is 165 g/mol. The largest absolute Gasteiger partial charge is 0.377 e. The Kier molecular flexibility index (Phi) is 1.70. The summed E-state index contributed by atoms with van der Waals surface area (Å²) >= 11 is 3.42. The number of hydrogen-bond donors (Lipinski definition) is 0. The maximum absolute atomic E-state index is 5.22. The molecule has 1 nitrogen and oxygen atoms in total. The number of alkyl halides is 1. The Balaban J connectivity index is 1.98. The Morgan fingerprint density at radius 1 is 1.86 bits per heavy atom. The van der Waals surface area contributed by atoms with Crippen LogP contribution in [-0.4, -0.2) is 17.5 Å². The van der Waals surface area contributed by atoms with Crippen LogP contribution in [0.1, 0.15) is 13.3 Å². The van der Waals surface area contributed by atoms with E-state index in [1.807, 2.05) is 6.92 Å². The van der Waals surface area contributed by atoms with Crippen molar-refractivity contribution in [2.75, 3.05) is 6.61 Å². The fourth-order valence-corrected chi connectivity index (χ4v) is 1.05. The highest BCUT2D eigenvalue weighted by Crippen LogP contribution is 2.32. The summed E-state index contributed by atoms with van der Waals surface area (Å²) in [6, 6.07) is 0. The Labute approximate surface area is 52.2 Å². The van der Waals surface area contributed by atoms with Crippen molar-refractivity contribution in [2.24, 2.45) is 0 Å². The third-order valence-corrected chi connectivity index (χ3v) is 2.00. The molecule has 7 heavy (non-hydrogen) atoms. The maximum atomic E-state index is 5.22. The normalized spacial score (nSPS) is 38.6. The Morgan fingerprint density at radius 2 is 2.43 bits per heavy atom. The van der Waals surface area contributed by atoms with Crippen molar-refractivity contribution < 1.29 is 4.74 Å². The van der Waals surface area contributed by atoms with E-state index in [4.69, 9.17) is 4.74 Å². The number of halogens is 1. The monoisotopic (exact) mass is 164 g/mol. The van der Waals surface area contributed by atoms with Gasteiger partial charge in [0.05, 0.1) is 6.10 Å². The lowest BCUT2D eigenvalue weighted by Crippen LogP contribution is -1.93. The van der Waals surface area contributed by atoms with Gasteiger partial charge in [0, 0.05) is 11.4 Å². The van der Waals surface area contributed by atoms with E-state index in [1.54, 1.807) is 0 Å². The van der Waals surface area contributed by atoms with E-state index in [2.05, 4.69) is 15.9 Å². The topological polar surface area (TPSA) is 9.23 Å². The van der Waals surface area contributed by atoms with Gasteiger partial charge in [-0.25, -0.2) is 0 Å². The molecule has 0 aromatic rings. The molecule has 1 rings (SSSR count). The van der Waals surface area contributed by atoms with Gasteiger partial charge in [-0.05, 0) is 13.3 Å². The van der Waals surface area contributed by atoms with Crippen LogP contribution in [0.4, 0.5) is 0 Å². The third kappa shape index (κ3) is 1.42. The third-order valence-electron chi connectivity index (χ3n) is 1.04. The molecule has 2 heteroatoms. The van der Waals surface area contributed by atoms with Gasteiger partial charge < -0.3 is 4.74 Å². The van der Waals surface area contributed by atoms with Gasteiger partial charge in [-0.15, -0.1) is 0 Å². The maximum Gasteiger partial charge on any atom is 0.0712 e. The molecular formula is C5H9BrO. The van der Waals surface area contributed by atoms with Crippen molar-refractivity contribution in [2.45, 2.75) is 24.3 Å². The summed E-state index contributed by atoms with van der Waals surface area (Å²) in [6.07, 6.45) is 1.73. The first-order valence-corrected chi connectivity index (χ1v) is 3.52. The van der Waals surface area contributed by atoms with Gasteiger partial charge in [-0.1, -0.05) is 15.9 Å². The van der Waals surface area contributed by atoms with Crippen LogP contribution < -0.4 is 0 Å². The Bertz CT molecular complexity index is 65.1. The summed E-state index contributed by atoms with van der Waals surface area (Å²) in [6.45, 7) is 2.88. The highest BCUT2D eigenvalue weighted by Gasteiger charge is 2.34. The Morgan fingerprint density at radius 3 is 2.57 bits per heavy atom. The van der Waals surface area contributed by atoms with Crippen LogP contribution in [0.2, 0.25) is 0 Å². The van der Waals surface area contributed by atoms with Gasteiger partial charge in [-0.2, -0.15) is 0 Å². The number of rotatable bonds is 2. The summed E-state index contributed by atoms with van der Waals surface area (Å²) in [5.74, 6) is 0. The minimum Gasteiger partial charge on any atom is -0.377 e. The van der Waals surface area contributed by atoms with E-state index in [1.165, 1.54) is 6.42 Å². The highest BCUT2D eigenvalue weighted by atomic mass is 79.9. The van der Waals surface area contributed by atoms with Crippen LogP contribution >= 0.6 is 15.9 Å². The molecular weight excluding hydrogens is 156 g/mol. The second-order valence-corrected chi connectivity index (χ2v) is 2.92. The Hall–Kier alpha value is 0.440. The highest BCUT2D eigenvalue weighted by molar-refractivity contribution is 9.09. The standard InChI is InChI=1S/C5H9BrO/c1-2-7-5-3-4(5)6/h4-5H,2-3H2,1H3/t4-,5+/m0/s1. The molecule has 42 valence electrons. The first-order chi connectivity index (χ1) is 3.34. The smallest absolute Gasteiger partial charge is 0.0712 e. The molecule has 0 amide bonds. The molecule has 1 fully saturated rings. The fourth-order valence-electron chi connectivity index (χ4n) is 0.530. The minimum atomic E-state index is 0.532. The summed E-state index contributed by atoms with van der Waals surface area (Å²) in [4.78, 5) is 0.660. The van der Waals surface area contributed by atoms with Crippen molar-refractivity contribution >= 4 is 15.9 Å². The van der Waals surface area contributed by atoms with Crippen LogP contribution in [-0.2, 0) is 4.74 Å². The van der Waals surface area contributed by atoms with Crippen LogP contribution in [0.5, 0.6) is 0 Å². The van der Waals surface area contributed by atoms with E-state index < -0.39 is 0 Å². The summed E-state index contributed by atoms with van der Waals surface area (Å²) in [5.41, 5.74) is 0. The zero-order valence-corrected chi connectivity index (χ0v) is 5.94. The lowest BCUT2D eigenvalue weighted by molar-refractivity contribution is 0.134. The summed E-state index contributed by atoms with van der Waals surface area (Å²) < 4.78 is 5.22. The van der Waals surface area contributed by atoms with Crippen LogP contribution in [0.3, 0.4) is 0 Å². The second-order valence-electron chi connectivity index (χ2n) is 1.75. The van der Waals surface area contributed by atoms with Crippen molar-refractivity contribution in [3.8, 4) is 0 Å². The first-order valence-electron chi connectivity index (χ1n) is 2.60. The minimum absolute atomic E-state index is 0.532. The van der Waals surface area contributed by atoms with Gasteiger partial charge in [0.15, 0.2) is 0 Å². The van der Waals surface area contributed by atoms with Gasteiger partial charge >= 0.3 is 0 Å². The summed E-state index contributed by atoms with van der Waals surface area (Å²) in [5, 5.41) is 0. The number of ether oxygens (including phenoxy) is 1. The van der Waals surface area contributed by atoms with Crippen LogP contribution in [0.15, 0.2) is 0 Å². The number of hydrogen-bond acceptors (Lipinski definition) is 1. The molecule has 1 saturated carbocycles. The van der Waals surface area contributed by atoms with Crippen molar-refractivity contribution in [1.82, 2.24) is 0 Å². The van der Waals surface area contributed by atoms with Crippen molar-refractivity contribution in [1.29, 1.82) is 0 Å². The molecule has 0 N–H and O–H groups in total. The average Bonchev–Trinajstić information content (AvgIpc) is 2.22. The van der Waals surface area contributed by atoms with Gasteiger partial charge in [0.1, 0.15) is 0 Å². The predicted octanol–water partition coefficient (Wildman–Crippen LogP) is 1.56. The lowest BCUT2D eigenvalue weighted by Gasteiger charge is -1.91. The van der Waals surface area contributed by atoms with Crippen LogP contribution in [0.25, 0.3) is 0 Å². The van der Waals surface area contributed by atoms with E-state index >= 15 is 0 Å². The molecule has 0 aromatic heterocycles. The molecule has 1 aliphatic rings. The van der Waals surface area contributed by atoms with Gasteiger partial charge in [0.25, 0.3) is 0 Å². The van der Waals surface area contributed by atoms with E-state index in [0.717, 1.165) is 6.61 Å². The van der Waals surface area contributed by atoms with E-state index in [-0.39, 0.29) is 0 Å². The van der Waals surface area contributed by atoms with Gasteiger partial charge in [0.2, 0.25) is 0 Å². The quantitative estimate of drug-likeness (QED) is 0.564. The zero-order chi connectivity index (χ0) is 5.28. The SMILES string of the molecule is CCO[C@@H]1C[C@@H]1Br. The van der Waals surface area contributed by atoms with E-state index in [9.17, 15) is 0 Å². The van der Waals surface area contributed by atoms with Crippen molar-refractivity contribution in [3.63, 3.8) is 0 Å². The molecule has 0 unspecified atom stereocenters. The molecule has 0 saturated heterocycles. The van der Waals surface area contributed by atoms with Crippen molar-refractivity contribution in [3.05, 3.63) is 0 Å². The fraction of sp³-hybridized carbons (Fsp3) is 1.00. The molecule has 0 aliphatic heterocycles. The molecule has 2 atom stereocenters. The molecule has 0 bridgehead atoms.